The second-order valence-corrected chi connectivity index (χ2v) is 4.11. The number of hydrogen-bond donors (Lipinski definition) is 2. The number of nitrogens with one attached hydrogen (secondary N) is 1. The van der Waals surface area contributed by atoms with Crippen LogP contribution in [0.1, 0.15) is 18.5 Å². The van der Waals surface area contributed by atoms with Crippen LogP contribution in [0.4, 0.5) is 0 Å². The van der Waals surface area contributed by atoms with Gasteiger partial charge in [0.25, 0.3) is 0 Å². The molecule has 0 aromatic heterocycles. The van der Waals surface area contributed by atoms with Crippen LogP contribution in [0.25, 0.3) is 0 Å². The largest absolute Gasteiger partial charge is 0.329 e. The molecule has 2 nitrogen and oxygen atoms in total. The molecule has 0 fully saturated rings. The summed E-state index contributed by atoms with van der Waals surface area (Å²) >= 11 is 12.0. The average Bonchev–Trinajstić information content (AvgIpc) is 2.28. The lowest BCUT2D eigenvalue weighted by atomic mass is 10.1. The van der Waals surface area contributed by atoms with Gasteiger partial charge in [0.15, 0.2) is 0 Å². The Morgan fingerprint density at radius 1 is 1.44 bits per heavy atom. The molecule has 0 saturated carbocycles. The molecule has 3 N–H and O–H groups in total. The van der Waals surface area contributed by atoms with E-state index in [0.29, 0.717) is 23.1 Å². The Morgan fingerprint density at radius 3 is 2.81 bits per heavy atom. The van der Waals surface area contributed by atoms with Gasteiger partial charge in [-0.15, -0.1) is 5.92 Å². The van der Waals surface area contributed by atoms with E-state index in [2.05, 4.69) is 17.2 Å². The van der Waals surface area contributed by atoms with E-state index in [9.17, 15) is 0 Å². The van der Waals surface area contributed by atoms with Gasteiger partial charge in [0.2, 0.25) is 0 Å². The topological polar surface area (TPSA) is 38.0 Å². The van der Waals surface area contributed by atoms with Crippen molar-refractivity contribution >= 4 is 23.2 Å². The van der Waals surface area contributed by atoms with Gasteiger partial charge >= 0.3 is 0 Å². The maximum atomic E-state index is 6.09. The van der Waals surface area contributed by atoms with Crippen LogP contribution >= 0.6 is 23.2 Å². The first-order valence-corrected chi connectivity index (χ1v) is 5.72. The molecule has 0 saturated heterocycles. The zero-order valence-corrected chi connectivity index (χ0v) is 10.6. The molecule has 0 aliphatic heterocycles. The highest BCUT2D eigenvalue weighted by Gasteiger charge is 2.12. The van der Waals surface area contributed by atoms with E-state index in [1.807, 2.05) is 6.07 Å². The van der Waals surface area contributed by atoms with Crippen molar-refractivity contribution in [2.75, 3.05) is 13.1 Å². The van der Waals surface area contributed by atoms with Crippen molar-refractivity contribution in [3.05, 3.63) is 33.8 Å². The Balaban J connectivity index is 2.84. The fourth-order valence-electron chi connectivity index (χ4n) is 1.36. The molecule has 0 aliphatic carbocycles. The minimum atomic E-state index is -0.0213. The summed E-state index contributed by atoms with van der Waals surface area (Å²) in [6.45, 7) is 2.83. The van der Waals surface area contributed by atoms with Crippen molar-refractivity contribution in [3.63, 3.8) is 0 Å². The van der Waals surface area contributed by atoms with Gasteiger partial charge in [-0.3, -0.25) is 5.32 Å². The first-order chi connectivity index (χ1) is 7.69. The van der Waals surface area contributed by atoms with E-state index < -0.39 is 0 Å². The highest BCUT2D eigenvalue weighted by molar-refractivity contribution is 6.33. The SMILES string of the molecule is CC#CCNC(CN)c1cc(Cl)ccc1Cl. The summed E-state index contributed by atoms with van der Waals surface area (Å²) in [4.78, 5) is 0. The van der Waals surface area contributed by atoms with E-state index in [4.69, 9.17) is 28.9 Å². The van der Waals surface area contributed by atoms with Crippen LogP contribution in [-0.2, 0) is 0 Å². The molecular formula is C12H14Cl2N2. The van der Waals surface area contributed by atoms with Crippen molar-refractivity contribution in [1.82, 2.24) is 5.32 Å². The van der Waals surface area contributed by atoms with Gasteiger partial charge in [-0.2, -0.15) is 0 Å². The molecule has 0 spiro atoms. The second kappa shape index (κ2) is 6.78. The third-order valence-electron chi connectivity index (χ3n) is 2.18. The number of benzene rings is 1. The van der Waals surface area contributed by atoms with Gasteiger partial charge in [-0.25, -0.2) is 0 Å². The van der Waals surface area contributed by atoms with Crippen LogP contribution in [0.2, 0.25) is 10.0 Å². The molecule has 0 heterocycles. The van der Waals surface area contributed by atoms with E-state index >= 15 is 0 Å². The standard InChI is InChI=1S/C12H14Cl2N2/c1-2-3-6-16-12(8-15)10-7-9(13)4-5-11(10)14/h4-5,7,12,16H,6,8,15H2,1H3. The van der Waals surface area contributed by atoms with E-state index in [1.165, 1.54) is 0 Å². The number of hydrogen-bond acceptors (Lipinski definition) is 2. The van der Waals surface area contributed by atoms with Gasteiger partial charge in [-0.1, -0.05) is 29.1 Å². The minimum Gasteiger partial charge on any atom is -0.329 e. The maximum Gasteiger partial charge on any atom is 0.0581 e. The zero-order chi connectivity index (χ0) is 12.0. The van der Waals surface area contributed by atoms with Crippen LogP contribution in [0.5, 0.6) is 0 Å². The average molecular weight is 257 g/mol. The van der Waals surface area contributed by atoms with Crippen molar-refractivity contribution in [1.29, 1.82) is 0 Å². The van der Waals surface area contributed by atoms with Crippen molar-refractivity contribution in [3.8, 4) is 11.8 Å². The van der Waals surface area contributed by atoms with Crippen molar-refractivity contribution < 1.29 is 0 Å². The molecule has 86 valence electrons. The lowest BCUT2D eigenvalue weighted by molar-refractivity contribution is 0.582. The van der Waals surface area contributed by atoms with Gasteiger partial charge in [0.1, 0.15) is 0 Å². The molecule has 0 bridgehead atoms. The highest BCUT2D eigenvalue weighted by atomic mass is 35.5. The third kappa shape index (κ3) is 3.70. The van der Waals surface area contributed by atoms with Gasteiger partial charge in [0.05, 0.1) is 6.54 Å². The van der Waals surface area contributed by atoms with Gasteiger partial charge in [0, 0.05) is 22.6 Å². The van der Waals surface area contributed by atoms with Crippen LogP contribution in [0, 0.1) is 11.8 Å². The molecule has 1 rings (SSSR count). The van der Waals surface area contributed by atoms with Crippen molar-refractivity contribution in [2.45, 2.75) is 13.0 Å². The lowest BCUT2D eigenvalue weighted by Gasteiger charge is -2.17. The molecular weight excluding hydrogens is 243 g/mol. The Bertz CT molecular complexity index is 407. The van der Waals surface area contributed by atoms with E-state index in [1.54, 1.807) is 19.1 Å². The summed E-state index contributed by atoms with van der Waals surface area (Å²) in [5.74, 6) is 5.74. The Labute approximate surface area is 106 Å². The summed E-state index contributed by atoms with van der Waals surface area (Å²) in [7, 11) is 0. The fourth-order valence-corrected chi connectivity index (χ4v) is 1.79. The fraction of sp³-hybridized carbons (Fsp3) is 0.333. The number of nitrogens with two attached hydrogens (primary N) is 1. The summed E-state index contributed by atoms with van der Waals surface area (Å²) in [6.07, 6.45) is 0. The first-order valence-electron chi connectivity index (χ1n) is 4.97. The summed E-state index contributed by atoms with van der Waals surface area (Å²) in [6, 6.07) is 5.34. The Morgan fingerprint density at radius 2 is 2.19 bits per heavy atom. The Kier molecular flexibility index (Phi) is 5.65. The summed E-state index contributed by atoms with van der Waals surface area (Å²) in [5, 5.41) is 4.53. The van der Waals surface area contributed by atoms with E-state index in [-0.39, 0.29) is 6.04 Å². The van der Waals surface area contributed by atoms with Gasteiger partial charge < -0.3 is 5.73 Å². The number of rotatable bonds is 4. The smallest absolute Gasteiger partial charge is 0.0581 e. The third-order valence-corrected chi connectivity index (χ3v) is 2.76. The molecule has 1 aromatic rings. The maximum absolute atomic E-state index is 6.09. The van der Waals surface area contributed by atoms with Crippen LogP contribution in [-0.4, -0.2) is 13.1 Å². The van der Waals surface area contributed by atoms with E-state index in [0.717, 1.165) is 5.56 Å². The molecule has 1 aromatic carbocycles. The quantitative estimate of drug-likeness (QED) is 0.814. The monoisotopic (exact) mass is 256 g/mol. The second-order valence-electron chi connectivity index (χ2n) is 3.26. The van der Waals surface area contributed by atoms with Crippen LogP contribution < -0.4 is 11.1 Å². The predicted molar refractivity (Wildman–Crippen MR) is 69.7 cm³/mol. The van der Waals surface area contributed by atoms with Gasteiger partial charge in [-0.05, 0) is 30.7 Å². The molecule has 1 unspecified atom stereocenters. The van der Waals surface area contributed by atoms with Crippen LogP contribution in [0.3, 0.4) is 0 Å². The normalized spacial score (nSPS) is 11.8. The Hall–Kier alpha value is -0.720. The first kappa shape index (κ1) is 13.3. The highest BCUT2D eigenvalue weighted by Crippen LogP contribution is 2.25. The molecule has 1 atom stereocenters. The molecule has 0 amide bonds. The molecule has 16 heavy (non-hydrogen) atoms. The molecule has 0 radical (unpaired) electrons. The predicted octanol–water partition coefficient (Wildman–Crippen LogP) is 2.61. The number of halogens is 2. The van der Waals surface area contributed by atoms with Crippen LogP contribution in [0.15, 0.2) is 18.2 Å². The molecule has 4 heteroatoms. The summed E-state index contributed by atoms with van der Waals surface area (Å²) in [5.41, 5.74) is 6.61. The minimum absolute atomic E-state index is 0.0213. The molecule has 0 aliphatic rings. The summed E-state index contributed by atoms with van der Waals surface area (Å²) < 4.78 is 0. The van der Waals surface area contributed by atoms with Crippen molar-refractivity contribution in [2.24, 2.45) is 5.73 Å². The lowest BCUT2D eigenvalue weighted by Crippen LogP contribution is -2.28. The zero-order valence-electron chi connectivity index (χ0n) is 9.06.